The minimum Gasteiger partial charge on any atom is -0.497 e. The molecule has 1 aliphatic heterocycles. The molecule has 0 aromatic heterocycles. The fourth-order valence-corrected chi connectivity index (χ4v) is 2.48. The van der Waals surface area contributed by atoms with E-state index >= 15 is 0 Å². The van der Waals surface area contributed by atoms with Crippen LogP contribution in [-0.2, 0) is 0 Å². The molecule has 1 saturated heterocycles. The predicted octanol–water partition coefficient (Wildman–Crippen LogP) is 1.44. The van der Waals surface area contributed by atoms with Crippen molar-refractivity contribution in [2.45, 2.75) is 18.4 Å². The predicted molar refractivity (Wildman–Crippen MR) is 65.8 cm³/mol. The second kappa shape index (κ2) is 4.85. The van der Waals surface area contributed by atoms with Crippen LogP contribution >= 0.6 is 0 Å². The molecule has 0 radical (unpaired) electrons. The quantitative estimate of drug-likeness (QED) is 0.819. The van der Waals surface area contributed by atoms with Gasteiger partial charge in [-0.05, 0) is 37.1 Å². The average Bonchev–Trinajstić information content (AvgIpc) is 2.28. The van der Waals surface area contributed by atoms with E-state index in [0.717, 1.165) is 25.3 Å². The maximum atomic E-state index is 6.04. The largest absolute Gasteiger partial charge is 0.497 e. The van der Waals surface area contributed by atoms with Crippen molar-refractivity contribution in [1.82, 2.24) is 4.90 Å². The van der Waals surface area contributed by atoms with Gasteiger partial charge in [0.25, 0.3) is 0 Å². The summed E-state index contributed by atoms with van der Waals surface area (Å²) < 4.78 is 5.16. The van der Waals surface area contributed by atoms with Crippen LogP contribution in [0.25, 0.3) is 0 Å². The second-order valence-corrected chi connectivity index (χ2v) is 4.69. The van der Waals surface area contributed by atoms with Crippen molar-refractivity contribution in [3.8, 4) is 5.75 Å². The minimum absolute atomic E-state index is 0.297. The lowest BCUT2D eigenvalue weighted by Gasteiger charge is -2.34. The standard InChI is InChI=1S/C13H20N2O/c1-15-8-11(7-12(14)9-15)10-3-5-13(16-2)6-4-10/h3-6,11-12H,7-9,14H2,1-2H3/t11-,12+/m0/s1. The van der Waals surface area contributed by atoms with E-state index in [1.807, 2.05) is 12.1 Å². The fourth-order valence-electron chi connectivity index (χ4n) is 2.48. The molecule has 1 fully saturated rings. The Morgan fingerprint density at radius 3 is 2.50 bits per heavy atom. The van der Waals surface area contributed by atoms with Gasteiger partial charge in [0, 0.05) is 19.1 Å². The van der Waals surface area contributed by atoms with Crippen molar-refractivity contribution in [3.05, 3.63) is 29.8 Å². The van der Waals surface area contributed by atoms with Crippen LogP contribution < -0.4 is 10.5 Å². The Morgan fingerprint density at radius 2 is 1.94 bits per heavy atom. The molecular formula is C13H20N2O. The third kappa shape index (κ3) is 2.54. The molecule has 16 heavy (non-hydrogen) atoms. The van der Waals surface area contributed by atoms with Crippen LogP contribution in [-0.4, -0.2) is 38.2 Å². The summed E-state index contributed by atoms with van der Waals surface area (Å²) in [6, 6.07) is 8.64. The summed E-state index contributed by atoms with van der Waals surface area (Å²) in [6.07, 6.45) is 1.08. The van der Waals surface area contributed by atoms with E-state index in [9.17, 15) is 0 Å². The number of methoxy groups -OCH3 is 1. The smallest absolute Gasteiger partial charge is 0.118 e. The van der Waals surface area contributed by atoms with Crippen molar-refractivity contribution >= 4 is 0 Å². The van der Waals surface area contributed by atoms with E-state index in [1.54, 1.807) is 7.11 Å². The number of likely N-dealkylation sites (tertiary alicyclic amines) is 1. The summed E-state index contributed by atoms with van der Waals surface area (Å²) in [5.74, 6) is 1.47. The maximum Gasteiger partial charge on any atom is 0.118 e. The second-order valence-electron chi connectivity index (χ2n) is 4.69. The van der Waals surface area contributed by atoms with E-state index < -0.39 is 0 Å². The normalized spacial score (nSPS) is 26.7. The molecule has 2 rings (SSSR count). The molecule has 0 unspecified atom stereocenters. The summed E-state index contributed by atoms with van der Waals surface area (Å²) in [6.45, 7) is 2.10. The molecule has 2 atom stereocenters. The van der Waals surface area contributed by atoms with Gasteiger partial charge in [-0.15, -0.1) is 0 Å². The molecule has 0 spiro atoms. The number of nitrogens with zero attached hydrogens (tertiary/aromatic N) is 1. The zero-order valence-electron chi connectivity index (χ0n) is 10.0. The van der Waals surface area contributed by atoms with Crippen LogP contribution in [0.3, 0.4) is 0 Å². The van der Waals surface area contributed by atoms with Gasteiger partial charge in [-0.25, -0.2) is 0 Å². The van der Waals surface area contributed by atoms with E-state index in [4.69, 9.17) is 10.5 Å². The van der Waals surface area contributed by atoms with E-state index in [-0.39, 0.29) is 0 Å². The molecule has 0 bridgehead atoms. The molecule has 3 nitrogen and oxygen atoms in total. The van der Waals surface area contributed by atoms with Gasteiger partial charge in [0.15, 0.2) is 0 Å². The van der Waals surface area contributed by atoms with E-state index in [1.165, 1.54) is 5.56 Å². The number of hydrogen-bond acceptors (Lipinski definition) is 3. The summed E-state index contributed by atoms with van der Waals surface area (Å²) in [4.78, 5) is 2.31. The van der Waals surface area contributed by atoms with Crippen molar-refractivity contribution < 1.29 is 4.74 Å². The van der Waals surface area contributed by atoms with Gasteiger partial charge < -0.3 is 15.4 Å². The van der Waals surface area contributed by atoms with Crippen LogP contribution in [0.4, 0.5) is 0 Å². The van der Waals surface area contributed by atoms with Crippen molar-refractivity contribution in [2.24, 2.45) is 5.73 Å². The fraction of sp³-hybridized carbons (Fsp3) is 0.538. The van der Waals surface area contributed by atoms with Crippen LogP contribution in [0.15, 0.2) is 24.3 Å². The molecular weight excluding hydrogens is 200 g/mol. The molecule has 0 saturated carbocycles. The number of likely N-dealkylation sites (N-methyl/N-ethyl adjacent to an activating group) is 1. The third-order valence-electron chi connectivity index (χ3n) is 3.25. The Bertz CT molecular complexity index is 326. The van der Waals surface area contributed by atoms with Crippen LogP contribution in [0.5, 0.6) is 5.75 Å². The summed E-state index contributed by atoms with van der Waals surface area (Å²) in [5, 5.41) is 0. The molecule has 88 valence electrons. The topological polar surface area (TPSA) is 38.5 Å². The first kappa shape index (κ1) is 11.4. The van der Waals surface area contributed by atoms with Crippen LogP contribution in [0, 0.1) is 0 Å². The van der Waals surface area contributed by atoms with Crippen molar-refractivity contribution in [3.63, 3.8) is 0 Å². The average molecular weight is 220 g/mol. The van der Waals surface area contributed by atoms with E-state index in [2.05, 4.69) is 24.1 Å². The maximum absolute atomic E-state index is 6.04. The first-order chi connectivity index (χ1) is 7.69. The van der Waals surface area contributed by atoms with Crippen molar-refractivity contribution in [2.75, 3.05) is 27.2 Å². The highest BCUT2D eigenvalue weighted by Crippen LogP contribution is 2.27. The van der Waals surface area contributed by atoms with E-state index in [0.29, 0.717) is 12.0 Å². The monoisotopic (exact) mass is 220 g/mol. The summed E-state index contributed by atoms with van der Waals surface area (Å²) >= 11 is 0. The van der Waals surface area contributed by atoms with Gasteiger partial charge in [0.1, 0.15) is 5.75 Å². The molecule has 1 aromatic carbocycles. The highest BCUT2D eigenvalue weighted by atomic mass is 16.5. The lowest BCUT2D eigenvalue weighted by atomic mass is 9.88. The van der Waals surface area contributed by atoms with Gasteiger partial charge in [-0.3, -0.25) is 0 Å². The Labute approximate surface area is 97.2 Å². The SMILES string of the molecule is COc1ccc([C@H]2C[C@@H](N)CN(C)C2)cc1. The molecule has 1 heterocycles. The molecule has 3 heteroatoms. The number of hydrogen-bond donors (Lipinski definition) is 1. The third-order valence-corrected chi connectivity index (χ3v) is 3.25. The van der Waals surface area contributed by atoms with Gasteiger partial charge in [0.05, 0.1) is 7.11 Å². The Morgan fingerprint density at radius 1 is 1.25 bits per heavy atom. The number of benzene rings is 1. The van der Waals surface area contributed by atoms with Gasteiger partial charge in [0.2, 0.25) is 0 Å². The lowest BCUT2D eigenvalue weighted by molar-refractivity contribution is 0.227. The van der Waals surface area contributed by atoms with Crippen LogP contribution in [0.2, 0.25) is 0 Å². The summed E-state index contributed by atoms with van der Waals surface area (Å²) in [7, 11) is 3.83. The number of ether oxygens (including phenoxy) is 1. The number of piperidine rings is 1. The molecule has 1 aliphatic rings. The lowest BCUT2D eigenvalue weighted by Crippen LogP contribution is -2.44. The molecule has 2 N–H and O–H groups in total. The zero-order valence-corrected chi connectivity index (χ0v) is 10.0. The van der Waals surface area contributed by atoms with Gasteiger partial charge in [-0.2, -0.15) is 0 Å². The van der Waals surface area contributed by atoms with Gasteiger partial charge in [-0.1, -0.05) is 12.1 Å². The summed E-state index contributed by atoms with van der Waals surface area (Å²) in [5.41, 5.74) is 7.41. The van der Waals surface area contributed by atoms with Crippen LogP contribution in [0.1, 0.15) is 17.9 Å². The molecule has 0 amide bonds. The Hall–Kier alpha value is -1.06. The minimum atomic E-state index is 0.297. The Kier molecular flexibility index (Phi) is 3.46. The number of rotatable bonds is 2. The highest BCUT2D eigenvalue weighted by molar-refractivity contribution is 5.30. The first-order valence-corrected chi connectivity index (χ1v) is 5.77. The highest BCUT2D eigenvalue weighted by Gasteiger charge is 2.23. The first-order valence-electron chi connectivity index (χ1n) is 5.77. The Balaban J connectivity index is 2.10. The zero-order chi connectivity index (χ0) is 11.5. The van der Waals surface area contributed by atoms with Crippen molar-refractivity contribution in [1.29, 1.82) is 0 Å². The molecule has 0 aliphatic carbocycles. The number of nitrogens with two attached hydrogens (primary N) is 1. The molecule has 1 aromatic rings. The van der Waals surface area contributed by atoms with Gasteiger partial charge >= 0.3 is 0 Å².